The molecule has 3 aliphatic heterocycles. The number of fused-ring (bicyclic) bond motifs is 1. The Morgan fingerprint density at radius 2 is 2.12 bits per heavy atom. The van der Waals surface area contributed by atoms with Crippen molar-refractivity contribution in [3.8, 4) is 0 Å². The van der Waals surface area contributed by atoms with Gasteiger partial charge in [0.15, 0.2) is 5.96 Å². The van der Waals surface area contributed by atoms with Gasteiger partial charge in [-0.25, -0.2) is 4.99 Å². The Morgan fingerprint density at radius 1 is 1.27 bits per heavy atom. The van der Waals surface area contributed by atoms with Crippen LogP contribution in [0.3, 0.4) is 0 Å². The van der Waals surface area contributed by atoms with Crippen LogP contribution in [0.1, 0.15) is 25.3 Å². The average molecular weight is 462 g/mol. The first-order chi connectivity index (χ1) is 15.8. The van der Waals surface area contributed by atoms with Crippen LogP contribution in [-0.2, 0) is 6.54 Å². The molecule has 5 unspecified atom stereocenters. The van der Waals surface area contributed by atoms with Gasteiger partial charge < -0.3 is 21.3 Å². The summed E-state index contributed by atoms with van der Waals surface area (Å²) >= 11 is 0. The standard InChI is InChI=1S/C23H30F3N7/c1-14-8-15(2-3-19(14)27)21-18(17-9-30-33(12-17)13-23(24,25)26)10-29-22(31-21)32-7-5-20-16(11-32)4-6-28-20/h2-3,8-10,12,14,16,19-21,28H,4-7,11,13,27H2,1H3,(H,29,31). The van der Waals surface area contributed by atoms with Gasteiger partial charge in [0.1, 0.15) is 6.54 Å². The van der Waals surface area contributed by atoms with Crippen LogP contribution in [-0.4, -0.2) is 64.6 Å². The highest BCUT2D eigenvalue weighted by molar-refractivity contribution is 5.89. The number of nitrogens with zero attached hydrogens (tertiary/aromatic N) is 4. The molecule has 1 aromatic rings. The number of guanidine groups is 1. The quantitative estimate of drug-likeness (QED) is 0.643. The summed E-state index contributed by atoms with van der Waals surface area (Å²) in [6, 6.07) is 0.283. The Hall–Kier alpha value is -2.59. The van der Waals surface area contributed by atoms with Crippen LogP contribution in [0, 0.1) is 11.8 Å². The molecular formula is C23H30F3N7. The van der Waals surface area contributed by atoms with Gasteiger partial charge in [-0.1, -0.05) is 25.2 Å². The SMILES string of the molecule is CC1C=C(C2NC(N3CCC4NCCC4C3)=NC=C2c2cnn(CC(F)(F)F)c2)C=CC1N. The average Bonchev–Trinajstić information content (AvgIpc) is 3.43. The van der Waals surface area contributed by atoms with Crippen molar-refractivity contribution in [3.05, 3.63) is 48.0 Å². The van der Waals surface area contributed by atoms with Crippen molar-refractivity contribution < 1.29 is 13.2 Å². The van der Waals surface area contributed by atoms with Gasteiger partial charge in [-0.3, -0.25) is 4.68 Å². The second-order valence-electron chi connectivity index (χ2n) is 9.46. The fourth-order valence-electron chi connectivity index (χ4n) is 5.21. The van der Waals surface area contributed by atoms with Crippen molar-refractivity contribution in [2.45, 2.75) is 50.6 Å². The molecule has 4 aliphatic rings. The lowest BCUT2D eigenvalue weighted by Gasteiger charge is -2.39. The van der Waals surface area contributed by atoms with Crippen molar-refractivity contribution in [3.63, 3.8) is 0 Å². The minimum Gasteiger partial charge on any atom is -0.345 e. The topological polar surface area (TPSA) is 83.5 Å². The van der Waals surface area contributed by atoms with Crippen LogP contribution in [0.4, 0.5) is 13.2 Å². The van der Waals surface area contributed by atoms with Gasteiger partial charge in [0, 0.05) is 48.7 Å². The largest absolute Gasteiger partial charge is 0.408 e. The monoisotopic (exact) mass is 461 g/mol. The zero-order valence-electron chi connectivity index (χ0n) is 18.6. The van der Waals surface area contributed by atoms with E-state index in [1.54, 1.807) is 6.20 Å². The number of halogens is 3. The Kier molecular flexibility index (Phi) is 5.82. The van der Waals surface area contributed by atoms with E-state index in [9.17, 15) is 13.2 Å². The van der Waals surface area contributed by atoms with E-state index >= 15 is 0 Å². The zero-order valence-corrected chi connectivity index (χ0v) is 18.6. The molecule has 0 radical (unpaired) electrons. The predicted molar refractivity (Wildman–Crippen MR) is 121 cm³/mol. The number of nitrogens with two attached hydrogens (primary N) is 1. The van der Waals surface area contributed by atoms with E-state index in [1.807, 2.05) is 12.2 Å². The van der Waals surface area contributed by atoms with Gasteiger partial charge in [0.2, 0.25) is 0 Å². The predicted octanol–water partition coefficient (Wildman–Crippen LogP) is 2.26. The number of rotatable bonds is 3. The number of hydrogen-bond acceptors (Lipinski definition) is 6. The lowest BCUT2D eigenvalue weighted by molar-refractivity contribution is -0.142. The highest BCUT2D eigenvalue weighted by Gasteiger charge is 2.36. The van der Waals surface area contributed by atoms with E-state index in [4.69, 9.17) is 10.7 Å². The van der Waals surface area contributed by atoms with E-state index in [0.717, 1.165) is 47.8 Å². The molecular weight excluding hydrogens is 431 g/mol. The molecule has 0 bridgehead atoms. The third-order valence-corrected chi connectivity index (χ3v) is 7.08. The minimum atomic E-state index is -4.32. The maximum atomic E-state index is 12.8. The smallest absolute Gasteiger partial charge is 0.345 e. The summed E-state index contributed by atoms with van der Waals surface area (Å²) in [4.78, 5) is 7.00. The normalized spacial score (nSPS) is 32.1. The molecule has 5 atom stereocenters. The van der Waals surface area contributed by atoms with Gasteiger partial charge in [-0.05, 0) is 36.8 Å². The van der Waals surface area contributed by atoms with Crippen LogP contribution in [0.5, 0.6) is 0 Å². The molecule has 33 heavy (non-hydrogen) atoms. The van der Waals surface area contributed by atoms with Crippen LogP contribution in [0.25, 0.3) is 5.57 Å². The summed E-state index contributed by atoms with van der Waals surface area (Å²) in [5.74, 6) is 1.58. The minimum absolute atomic E-state index is 0.0543. The van der Waals surface area contributed by atoms with Crippen molar-refractivity contribution in [1.82, 2.24) is 25.3 Å². The van der Waals surface area contributed by atoms with E-state index in [2.05, 4.69) is 33.6 Å². The summed E-state index contributed by atoms with van der Waals surface area (Å²) < 4.78 is 39.4. The zero-order chi connectivity index (χ0) is 23.2. The first-order valence-electron chi connectivity index (χ1n) is 11.5. The molecule has 1 aliphatic carbocycles. The number of nitrogens with one attached hydrogen (secondary N) is 2. The summed E-state index contributed by atoms with van der Waals surface area (Å²) in [6.45, 7) is 3.86. The number of piperidine rings is 1. The Balaban J connectivity index is 1.44. The fraction of sp³-hybridized carbons (Fsp3) is 0.565. The molecule has 10 heteroatoms. The van der Waals surface area contributed by atoms with E-state index < -0.39 is 12.7 Å². The van der Waals surface area contributed by atoms with Gasteiger partial charge >= 0.3 is 6.18 Å². The molecule has 0 saturated carbocycles. The third kappa shape index (κ3) is 4.72. The lowest BCUT2D eigenvalue weighted by atomic mass is 9.86. The Labute approximate surface area is 191 Å². The summed E-state index contributed by atoms with van der Waals surface area (Å²) in [5.41, 5.74) is 8.59. The van der Waals surface area contributed by atoms with E-state index in [0.29, 0.717) is 17.5 Å². The van der Waals surface area contributed by atoms with Crippen LogP contribution in [0.15, 0.2) is 47.4 Å². The fourth-order valence-corrected chi connectivity index (χ4v) is 5.21. The Bertz CT molecular complexity index is 1010. The van der Waals surface area contributed by atoms with Gasteiger partial charge in [-0.15, -0.1) is 0 Å². The molecule has 4 N–H and O–H groups in total. The van der Waals surface area contributed by atoms with E-state index in [-0.39, 0.29) is 18.0 Å². The maximum Gasteiger partial charge on any atom is 0.408 e. The number of alkyl halides is 3. The third-order valence-electron chi connectivity index (χ3n) is 7.08. The molecule has 7 nitrogen and oxygen atoms in total. The van der Waals surface area contributed by atoms with Crippen LogP contribution in [0.2, 0.25) is 0 Å². The molecule has 0 amide bonds. The van der Waals surface area contributed by atoms with E-state index in [1.165, 1.54) is 18.8 Å². The van der Waals surface area contributed by atoms with Crippen molar-refractivity contribution in [2.75, 3.05) is 19.6 Å². The Morgan fingerprint density at radius 3 is 2.91 bits per heavy atom. The number of hydrogen-bond donors (Lipinski definition) is 3. The highest BCUT2D eigenvalue weighted by atomic mass is 19.4. The van der Waals surface area contributed by atoms with Crippen LogP contribution < -0.4 is 16.4 Å². The van der Waals surface area contributed by atoms with Crippen LogP contribution >= 0.6 is 0 Å². The van der Waals surface area contributed by atoms with Crippen molar-refractivity contribution in [1.29, 1.82) is 0 Å². The van der Waals surface area contributed by atoms with Gasteiger partial charge in [0.25, 0.3) is 0 Å². The summed E-state index contributed by atoms with van der Waals surface area (Å²) in [7, 11) is 0. The number of aliphatic imine (C=N–C) groups is 1. The number of aromatic nitrogens is 2. The van der Waals surface area contributed by atoms with Gasteiger partial charge in [-0.2, -0.15) is 18.3 Å². The first-order valence-corrected chi connectivity index (χ1v) is 11.5. The first kappa shape index (κ1) is 22.2. The molecule has 0 spiro atoms. The molecule has 2 saturated heterocycles. The van der Waals surface area contributed by atoms with Gasteiger partial charge in [0.05, 0.1) is 12.2 Å². The second-order valence-corrected chi connectivity index (χ2v) is 9.46. The molecule has 4 heterocycles. The maximum absolute atomic E-state index is 12.8. The number of likely N-dealkylation sites (tertiary alicyclic amines) is 1. The molecule has 2 fully saturated rings. The van der Waals surface area contributed by atoms with Crippen molar-refractivity contribution in [2.24, 2.45) is 22.6 Å². The molecule has 0 aromatic carbocycles. The summed E-state index contributed by atoms with van der Waals surface area (Å²) in [6.07, 6.45) is 8.72. The molecule has 178 valence electrons. The summed E-state index contributed by atoms with van der Waals surface area (Å²) in [5, 5.41) is 11.1. The lowest BCUT2D eigenvalue weighted by Crippen LogP contribution is -2.54. The molecule has 1 aromatic heterocycles. The van der Waals surface area contributed by atoms with Crippen molar-refractivity contribution >= 4 is 11.5 Å². The second kappa shape index (κ2) is 8.64. The molecule has 5 rings (SSSR count). The highest BCUT2D eigenvalue weighted by Crippen LogP contribution is 2.31.